The molecule has 8 nitrogen and oxygen atoms in total. The molecule has 0 spiro atoms. The van der Waals surface area contributed by atoms with E-state index in [1.165, 1.54) is 63.1 Å². The number of hydrogen-bond donors (Lipinski definition) is 0. The molecule has 8 heterocycles. The Morgan fingerprint density at radius 3 is 1.01 bits per heavy atom. The summed E-state index contributed by atoms with van der Waals surface area (Å²) in [7, 11) is 0. The highest BCUT2D eigenvalue weighted by Gasteiger charge is 2.49. The molecule has 0 unspecified atom stereocenters. The van der Waals surface area contributed by atoms with Crippen LogP contribution in [0.4, 0.5) is 68.2 Å². The van der Waals surface area contributed by atoms with E-state index in [-0.39, 0.29) is 13.4 Å². The molecule has 0 amide bonds. The van der Waals surface area contributed by atoms with Gasteiger partial charge in [-0.05, 0) is 165 Å². The Morgan fingerprint density at radius 2 is 0.562 bits per heavy atom. The Morgan fingerprint density at radius 1 is 0.226 bits per heavy atom. The zero-order valence-electron chi connectivity index (χ0n) is 78.6. The van der Waals surface area contributed by atoms with Gasteiger partial charge in [0.2, 0.25) is 13.4 Å². The van der Waals surface area contributed by atoms with E-state index < -0.39 is 0 Å². The van der Waals surface area contributed by atoms with Crippen LogP contribution >= 0.6 is 47.0 Å². The summed E-state index contributed by atoms with van der Waals surface area (Å²) >= 11 is 7.30. The molecule has 0 saturated carbocycles. The third kappa shape index (κ3) is 14.3. The van der Waals surface area contributed by atoms with Crippen molar-refractivity contribution in [3.63, 3.8) is 0 Å². The number of para-hydroxylation sites is 8. The minimum Gasteiger partial charge on any atom is -0.456 e. The Balaban J connectivity index is 0.000000138. The quantitative estimate of drug-likeness (QED) is 0.0866. The van der Waals surface area contributed by atoms with Crippen LogP contribution in [0.5, 0.6) is 0 Å². The van der Waals surface area contributed by atoms with Crippen molar-refractivity contribution in [1.29, 1.82) is 0 Å². The molecular weight excluding hydrogens is 1860 g/mol. The first-order valence-corrected chi connectivity index (χ1v) is 52.6. The number of hydrogen-bond acceptors (Lipinski definition) is 12. The number of fused-ring (bicyclic) bond motifs is 22. The number of rotatable bonds is 16. The lowest BCUT2D eigenvalue weighted by Gasteiger charge is -2.45. The molecule has 22 aromatic carbocycles. The zero-order chi connectivity index (χ0) is 96.0. The first kappa shape index (κ1) is 85.5. The Bertz CT molecular complexity index is 9580. The smallest absolute Gasteiger partial charge is 0.249 e. The summed E-state index contributed by atoms with van der Waals surface area (Å²) in [6, 6.07) is 180. The molecule has 0 atom stereocenters. The van der Waals surface area contributed by atoms with Gasteiger partial charge in [-0.25, -0.2) is 0 Å². The molecular formula is C132H82B2N4O4S4. The maximum Gasteiger partial charge on any atom is 0.249 e. The fourth-order valence-electron chi connectivity index (χ4n) is 22.9. The minimum atomic E-state index is -0.0873. The van der Waals surface area contributed by atoms with Crippen LogP contribution in [-0.2, 0) is 0 Å². The topological polar surface area (TPSA) is 65.5 Å². The predicted molar refractivity (Wildman–Crippen MR) is 614 cm³/mol. The van der Waals surface area contributed by atoms with Crippen molar-refractivity contribution >= 4 is 249 Å². The third-order valence-electron chi connectivity index (χ3n) is 29.0. The van der Waals surface area contributed by atoms with E-state index in [0.29, 0.717) is 0 Å². The molecule has 14 heteroatoms. The van der Waals surface area contributed by atoms with Crippen molar-refractivity contribution in [2.24, 2.45) is 0 Å². The summed E-state index contributed by atoms with van der Waals surface area (Å²) in [6.45, 7) is -0.147. The Kier molecular flexibility index (Phi) is 20.8. The van der Waals surface area contributed by atoms with Crippen LogP contribution in [0.15, 0.2) is 554 Å². The van der Waals surface area contributed by atoms with Crippen molar-refractivity contribution in [3.8, 4) is 44.5 Å². The van der Waals surface area contributed by atoms with Gasteiger partial charge in [-0.1, -0.05) is 410 Å². The van der Waals surface area contributed by atoms with Crippen LogP contribution in [-0.4, -0.2) is 13.4 Å². The number of nitrogens with zero attached hydrogens (tertiary/aromatic N) is 4. The van der Waals surface area contributed by atoms with Gasteiger partial charge in [0, 0.05) is 174 Å². The molecule has 26 aromatic rings. The molecule has 0 fully saturated rings. The minimum absolute atomic E-state index is 0.0601. The largest absolute Gasteiger partial charge is 0.456 e. The van der Waals surface area contributed by atoms with E-state index in [4.69, 9.17) is 17.7 Å². The zero-order valence-corrected chi connectivity index (χ0v) is 81.8. The van der Waals surface area contributed by atoms with Crippen LogP contribution in [0, 0.1) is 0 Å². The molecule has 0 aliphatic carbocycles. The van der Waals surface area contributed by atoms with Gasteiger partial charge in [0.05, 0.1) is 22.7 Å². The summed E-state index contributed by atoms with van der Waals surface area (Å²) in [4.78, 5) is 19.5. The monoisotopic (exact) mass is 1940 g/mol. The van der Waals surface area contributed by atoms with Crippen LogP contribution in [0.3, 0.4) is 0 Å². The molecule has 0 radical (unpaired) electrons. The molecule has 684 valence electrons. The van der Waals surface area contributed by atoms with Crippen LogP contribution in [0.25, 0.3) is 132 Å². The van der Waals surface area contributed by atoms with E-state index >= 15 is 0 Å². The average molecular weight is 1940 g/mol. The highest BCUT2D eigenvalue weighted by Crippen LogP contribution is 2.58. The van der Waals surface area contributed by atoms with Gasteiger partial charge in [-0.2, -0.15) is 0 Å². The van der Waals surface area contributed by atoms with Gasteiger partial charge in [-0.15, -0.1) is 0 Å². The highest BCUT2D eigenvalue weighted by atomic mass is 32.2. The Labute approximate surface area is 860 Å². The van der Waals surface area contributed by atoms with E-state index in [1.807, 2.05) is 35.7 Å². The van der Waals surface area contributed by atoms with Gasteiger partial charge in [0.15, 0.2) is 0 Å². The predicted octanol–water partition coefficient (Wildman–Crippen LogP) is 34.4. The molecule has 4 aliphatic rings. The van der Waals surface area contributed by atoms with Gasteiger partial charge in [0.25, 0.3) is 0 Å². The standard InChI is InChI=1S/C66H38B2N2O2S2.C66H44N2O2S2/c1-4-19-39(20-5-1)42-27-18-28-43(40-21-6-2-7-22-40)64(42)70-51-36-50-48(35-49(51)68-47-30-13-17-34-59(47)74-66-61-45-26-11-15-32-55(45)72-57(61)38-53(70)63(66)68)67-46-29-12-16-33-58(46)73-65-60-44-25-10-14-31-54(44)71-56(60)37-52(62(65)67)69(50)41-23-8-3-9-24-41;1-6-22-45(23-7-1)54-36-21-37-55(46-24-8-2-9-25-46)66(54)68(51-42-61-65(57-35-17-19-39-59(57)70-61)63(44-51)72-53-32-14-5-15-33-53)49-29-20-28-48(40-49)67(47-26-10-3-11-27-47)50-41-60-64(56-34-16-18-38-58(56)69-60)62(43-50)71-52-30-12-4-13-31-52/h1-38H;1-44H. The lowest BCUT2D eigenvalue weighted by Crippen LogP contribution is -2.64. The summed E-state index contributed by atoms with van der Waals surface area (Å²) in [6.07, 6.45) is 0. The molecule has 4 aliphatic heterocycles. The molecule has 0 bridgehead atoms. The Hall–Kier alpha value is -17.2. The van der Waals surface area contributed by atoms with Crippen molar-refractivity contribution in [2.75, 3.05) is 19.6 Å². The molecule has 0 saturated heterocycles. The van der Waals surface area contributed by atoms with Crippen LogP contribution < -0.4 is 52.4 Å². The van der Waals surface area contributed by atoms with E-state index in [2.05, 4.69) is 505 Å². The SMILES string of the molecule is c1ccc(-c2cccc(-c3ccccc3)c2N2c3cc4c(cc3B3c5ccccc5Sc5c3c2cc2oc3ccccc3c52)B2c3ccccc3Sc3c2c(cc2oc5ccccc5c32)N4c2ccccc2)cc1.c1ccc(Sc2cc(N(c3ccccc3)c3cccc(N(c4cc(Sc5ccccc5)c5c(c4)oc4ccccc45)c4c(-c5ccccc5)cccc4-c4ccccc4)c3)cc3oc4ccccc4c23)cc1. The number of furan rings is 4. The number of benzene rings is 22. The summed E-state index contributed by atoms with van der Waals surface area (Å²) < 4.78 is 27.5. The summed E-state index contributed by atoms with van der Waals surface area (Å²) in [5, 5.41) is 9.03. The lowest BCUT2D eigenvalue weighted by atomic mass is 9.31. The first-order chi connectivity index (χ1) is 72.4. The van der Waals surface area contributed by atoms with Crippen molar-refractivity contribution in [3.05, 3.63) is 497 Å². The first-order valence-electron chi connectivity index (χ1n) is 49.4. The second-order valence-corrected chi connectivity index (χ2v) is 41.7. The molecule has 146 heavy (non-hydrogen) atoms. The van der Waals surface area contributed by atoms with E-state index in [1.54, 1.807) is 23.5 Å². The summed E-state index contributed by atoms with van der Waals surface area (Å²) in [5.41, 5.74) is 36.6. The van der Waals surface area contributed by atoms with Gasteiger partial charge >= 0.3 is 0 Å². The maximum absolute atomic E-state index is 6.99. The van der Waals surface area contributed by atoms with Gasteiger partial charge in [-0.3, -0.25) is 0 Å². The van der Waals surface area contributed by atoms with Gasteiger partial charge < -0.3 is 37.3 Å². The third-order valence-corrected chi connectivity index (χ3v) is 33.6. The number of anilines is 12. The lowest BCUT2D eigenvalue weighted by molar-refractivity contribution is 0.668. The van der Waals surface area contributed by atoms with E-state index in [9.17, 15) is 0 Å². The maximum atomic E-state index is 6.99. The van der Waals surface area contributed by atoms with Gasteiger partial charge in [0.1, 0.15) is 44.7 Å². The van der Waals surface area contributed by atoms with Crippen LogP contribution in [0.2, 0.25) is 0 Å². The van der Waals surface area contributed by atoms with Crippen molar-refractivity contribution in [1.82, 2.24) is 0 Å². The molecule has 4 aromatic heterocycles. The summed E-state index contributed by atoms with van der Waals surface area (Å²) in [5.74, 6) is 0. The molecule has 0 N–H and O–H groups in total. The second-order valence-electron chi connectivity index (χ2n) is 37.4. The van der Waals surface area contributed by atoms with Crippen molar-refractivity contribution in [2.45, 2.75) is 39.2 Å². The van der Waals surface area contributed by atoms with E-state index in [0.717, 1.165) is 209 Å². The van der Waals surface area contributed by atoms with Crippen LogP contribution in [0.1, 0.15) is 0 Å². The normalized spacial score (nSPS) is 12.6. The highest BCUT2D eigenvalue weighted by molar-refractivity contribution is 8.01. The van der Waals surface area contributed by atoms with Crippen molar-refractivity contribution < 1.29 is 17.7 Å². The second kappa shape index (κ2) is 35.4. The fraction of sp³-hybridized carbons (Fsp3) is 0. The molecule has 30 rings (SSSR count). The fourth-order valence-corrected chi connectivity index (χ4v) is 27.6. The average Bonchev–Trinajstić information content (AvgIpc) is 1.19.